The number of aryl methyl sites for hydroxylation is 1. The van der Waals surface area contributed by atoms with Gasteiger partial charge in [-0.15, -0.1) is 0 Å². The molecule has 8 heteroatoms. The van der Waals surface area contributed by atoms with Gasteiger partial charge in [0.1, 0.15) is 4.64 Å². The van der Waals surface area contributed by atoms with E-state index in [4.69, 9.17) is 17.0 Å². The standard InChI is InChI=1S/C10H14N4O2S.Na/c1-13-9(17)7-8(12-6-11-7)14(10(13)15)4-3-5-16-2;/h6H,3-5H2,1-2H3,(H,11,12,17);/q;+1/p-1. The number of nitrogens with zero attached hydrogens (tertiary/aromatic N) is 4. The normalized spacial score (nSPS) is 10.6. The van der Waals surface area contributed by atoms with Gasteiger partial charge in [0.2, 0.25) is 0 Å². The fourth-order valence-electron chi connectivity index (χ4n) is 1.69. The van der Waals surface area contributed by atoms with Crippen LogP contribution in [0.5, 0.6) is 0 Å². The average Bonchev–Trinajstić information content (AvgIpc) is 2.80. The van der Waals surface area contributed by atoms with Crippen LogP contribution in [0.1, 0.15) is 6.42 Å². The van der Waals surface area contributed by atoms with Crippen LogP contribution in [-0.2, 0) is 18.3 Å². The Bertz CT molecular complexity index is 645. The minimum Gasteiger partial charge on any atom is -0.439 e. The number of ether oxygens (including phenoxy) is 1. The Morgan fingerprint density at radius 3 is 2.94 bits per heavy atom. The van der Waals surface area contributed by atoms with Gasteiger partial charge in [-0.2, -0.15) is 0 Å². The van der Waals surface area contributed by atoms with Crippen molar-refractivity contribution in [2.45, 2.75) is 13.0 Å². The second kappa shape index (κ2) is 6.63. The molecule has 0 radical (unpaired) electrons. The van der Waals surface area contributed by atoms with E-state index in [0.29, 0.717) is 29.0 Å². The molecule has 0 aliphatic heterocycles. The summed E-state index contributed by atoms with van der Waals surface area (Å²) >= 11 is 5.15. The van der Waals surface area contributed by atoms with Crippen molar-refractivity contribution >= 4 is 23.4 Å². The molecule has 0 aliphatic rings. The van der Waals surface area contributed by atoms with E-state index >= 15 is 0 Å². The zero-order valence-corrected chi connectivity index (χ0v) is 13.5. The molecule has 0 aromatic carbocycles. The van der Waals surface area contributed by atoms with E-state index < -0.39 is 0 Å². The first-order valence-electron chi connectivity index (χ1n) is 5.23. The smallest absolute Gasteiger partial charge is 0.439 e. The summed E-state index contributed by atoms with van der Waals surface area (Å²) in [6.07, 6.45) is 2.17. The van der Waals surface area contributed by atoms with E-state index in [-0.39, 0.29) is 35.2 Å². The third-order valence-corrected chi connectivity index (χ3v) is 3.06. The Kier molecular flexibility index (Phi) is 5.74. The largest absolute Gasteiger partial charge is 1.00 e. The predicted octanol–water partition coefficient (Wildman–Crippen LogP) is -2.54. The predicted molar refractivity (Wildman–Crippen MR) is 65.6 cm³/mol. The molecule has 0 atom stereocenters. The minimum absolute atomic E-state index is 0. The van der Waals surface area contributed by atoms with Gasteiger partial charge >= 0.3 is 35.2 Å². The van der Waals surface area contributed by atoms with Crippen molar-refractivity contribution < 1.29 is 34.3 Å². The molecule has 92 valence electrons. The maximum atomic E-state index is 12.0. The van der Waals surface area contributed by atoms with Gasteiger partial charge in [-0.1, -0.05) is 18.5 Å². The summed E-state index contributed by atoms with van der Waals surface area (Å²) in [5, 5.41) is 0. The maximum absolute atomic E-state index is 12.0. The second-order valence-electron chi connectivity index (χ2n) is 3.69. The van der Waals surface area contributed by atoms with Crippen molar-refractivity contribution in [3.05, 3.63) is 21.5 Å². The quantitative estimate of drug-likeness (QED) is 0.350. The summed E-state index contributed by atoms with van der Waals surface area (Å²) in [5.41, 5.74) is 0.979. The zero-order valence-electron chi connectivity index (χ0n) is 10.7. The Hall–Kier alpha value is -0.470. The molecular formula is C10H13N4NaO2S. The number of imidazole rings is 1. The van der Waals surface area contributed by atoms with Crippen molar-refractivity contribution in [2.24, 2.45) is 7.05 Å². The van der Waals surface area contributed by atoms with Crippen molar-refractivity contribution in [3.8, 4) is 0 Å². The topological polar surface area (TPSA) is 63.1 Å². The van der Waals surface area contributed by atoms with Gasteiger partial charge in [-0.3, -0.25) is 9.13 Å². The third kappa shape index (κ3) is 2.75. The number of methoxy groups -OCH3 is 1. The molecule has 0 fully saturated rings. The Labute approximate surface area is 131 Å². The van der Waals surface area contributed by atoms with Crippen LogP contribution in [0.15, 0.2) is 11.1 Å². The first-order chi connectivity index (χ1) is 8.16. The van der Waals surface area contributed by atoms with Gasteiger partial charge in [-0.25, -0.2) is 4.79 Å². The Morgan fingerprint density at radius 1 is 1.56 bits per heavy atom. The Morgan fingerprint density at radius 2 is 2.28 bits per heavy atom. The summed E-state index contributed by atoms with van der Waals surface area (Å²) in [5.74, 6) is 0. The zero-order chi connectivity index (χ0) is 12.4. The molecule has 18 heavy (non-hydrogen) atoms. The minimum atomic E-state index is -0.167. The molecule has 0 saturated heterocycles. The molecule has 6 nitrogen and oxygen atoms in total. The summed E-state index contributed by atoms with van der Waals surface area (Å²) in [7, 11) is 3.28. The summed E-state index contributed by atoms with van der Waals surface area (Å²) in [6.45, 7) is 1.15. The maximum Gasteiger partial charge on any atom is 1.00 e. The van der Waals surface area contributed by atoms with E-state index in [2.05, 4.69) is 9.97 Å². The van der Waals surface area contributed by atoms with Crippen LogP contribution in [0.4, 0.5) is 0 Å². The first-order valence-corrected chi connectivity index (χ1v) is 5.63. The molecule has 0 aliphatic carbocycles. The monoisotopic (exact) mass is 276 g/mol. The van der Waals surface area contributed by atoms with Gasteiger partial charge in [0.25, 0.3) is 0 Å². The number of hydrogen-bond acceptors (Lipinski definition) is 4. The van der Waals surface area contributed by atoms with E-state index in [0.717, 1.165) is 6.42 Å². The number of aromatic nitrogens is 4. The SMILES string of the molecule is COCCCn1c(=O)n(C)c(=S)c2[n-]cnc21.[Na+]. The number of fused-ring (bicyclic) bond motifs is 1. The van der Waals surface area contributed by atoms with Gasteiger partial charge in [0, 0.05) is 38.5 Å². The third-order valence-electron chi connectivity index (χ3n) is 2.59. The van der Waals surface area contributed by atoms with Gasteiger partial charge < -0.3 is 14.7 Å². The number of rotatable bonds is 4. The van der Waals surface area contributed by atoms with E-state index in [1.807, 2.05) is 0 Å². The molecule has 2 heterocycles. The van der Waals surface area contributed by atoms with Crippen molar-refractivity contribution in [1.82, 2.24) is 19.1 Å². The van der Waals surface area contributed by atoms with Crippen molar-refractivity contribution in [2.75, 3.05) is 13.7 Å². The van der Waals surface area contributed by atoms with E-state index in [1.54, 1.807) is 18.7 Å². The molecule has 2 rings (SSSR count). The second-order valence-corrected chi connectivity index (χ2v) is 4.08. The first kappa shape index (κ1) is 15.6. The molecule has 0 spiro atoms. The van der Waals surface area contributed by atoms with Gasteiger partial charge in [0.05, 0.1) is 0 Å². The number of hydrogen-bond donors (Lipinski definition) is 0. The summed E-state index contributed by atoms with van der Waals surface area (Å²) in [6, 6.07) is 0. The molecule has 0 unspecified atom stereocenters. The van der Waals surface area contributed by atoms with Crippen LogP contribution in [0.25, 0.3) is 11.2 Å². The summed E-state index contributed by atoms with van der Waals surface area (Å²) in [4.78, 5) is 20.2. The molecule has 0 saturated carbocycles. The van der Waals surface area contributed by atoms with Crippen molar-refractivity contribution in [3.63, 3.8) is 0 Å². The molecule has 0 amide bonds. The van der Waals surface area contributed by atoms with Crippen LogP contribution >= 0.6 is 12.2 Å². The molecule has 2 aromatic heterocycles. The Balaban J connectivity index is 0.00000162. The van der Waals surface area contributed by atoms with Crippen LogP contribution in [-0.4, -0.2) is 27.8 Å². The molecule has 0 N–H and O–H groups in total. The van der Waals surface area contributed by atoms with E-state index in [1.165, 1.54) is 10.9 Å². The van der Waals surface area contributed by atoms with E-state index in [9.17, 15) is 4.79 Å². The van der Waals surface area contributed by atoms with Crippen molar-refractivity contribution in [1.29, 1.82) is 0 Å². The van der Waals surface area contributed by atoms with Crippen LogP contribution in [0.3, 0.4) is 0 Å². The summed E-state index contributed by atoms with van der Waals surface area (Å²) < 4.78 is 8.39. The molecule has 0 bridgehead atoms. The fraction of sp³-hybridized carbons (Fsp3) is 0.500. The fourth-order valence-corrected chi connectivity index (χ4v) is 1.92. The van der Waals surface area contributed by atoms with Crippen LogP contribution in [0, 0.1) is 4.64 Å². The van der Waals surface area contributed by atoms with Gasteiger partial charge in [0.15, 0.2) is 0 Å². The molecule has 2 aromatic rings. The van der Waals surface area contributed by atoms with Gasteiger partial charge in [-0.05, 0) is 6.42 Å². The average molecular weight is 276 g/mol. The molecular weight excluding hydrogens is 263 g/mol. The van der Waals surface area contributed by atoms with Crippen LogP contribution < -0.4 is 40.2 Å². The van der Waals surface area contributed by atoms with Crippen LogP contribution in [0.2, 0.25) is 0 Å².